The fourth-order valence-corrected chi connectivity index (χ4v) is 3.31. The van der Waals surface area contributed by atoms with Crippen LogP contribution in [0.4, 0.5) is 0 Å². The highest BCUT2D eigenvalue weighted by molar-refractivity contribution is 5.91. The van der Waals surface area contributed by atoms with Crippen LogP contribution < -0.4 is 0 Å². The van der Waals surface area contributed by atoms with Crippen LogP contribution >= 0.6 is 0 Å². The fourth-order valence-electron chi connectivity index (χ4n) is 3.31. The van der Waals surface area contributed by atoms with Gasteiger partial charge in [0.15, 0.2) is 0 Å². The quantitative estimate of drug-likeness (QED) is 0.805. The molecule has 0 aliphatic carbocycles. The molecule has 1 aromatic rings. The van der Waals surface area contributed by atoms with Gasteiger partial charge < -0.3 is 9.32 Å². The zero-order valence-electron chi connectivity index (χ0n) is 12.1. The van der Waals surface area contributed by atoms with Gasteiger partial charge in [0.1, 0.15) is 5.76 Å². The first-order chi connectivity index (χ1) is 8.56. The number of hydrogen-bond acceptors (Lipinski definition) is 3. The molecule has 1 aliphatic rings. The van der Waals surface area contributed by atoms with Gasteiger partial charge in [-0.25, -0.2) is 0 Å². The molecule has 1 aromatic heterocycles. The van der Waals surface area contributed by atoms with Gasteiger partial charge in [-0.15, -0.1) is 0 Å². The van der Waals surface area contributed by atoms with Crippen LogP contribution in [0.5, 0.6) is 0 Å². The largest absolute Gasteiger partial charge is 0.469 e. The molecule has 100 valence electrons. The Bertz CT molecular complexity index is 410. The van der Waals surface area contributed by atoms with Gasteiger partial charge in [-0.1, -0.05) is 13.8 Å². The van der Waals surface area contributed by atoms with Crippen LogP contribution in [0.2, 0.25) is 0 Å². The lowest BCUT2D eigenvalue weighted by Gasteiger charge is -2.43. The first-order valence-electron chi connectivity index (χ1n) is 6.76. The normalized spacial score (nSPS) is 33.8. The van der Waals surface area contributed by atoms with Gasteiger partial charge in [0.05, 0.1) is 6.26 Å². The molecule has 2 heterocycles. The van der Waals surface area contributed by atoms with Gasteiger partial charge in [-0.3, -0.25) is 4.99 Å². The fraction of sp³-hybridized carbons (Fsp3) is 0.667. The smallest absolute Gasteiger partial charge is 0.107 e. The van der Waals surface area contributed by atoms with Crippen molar-refractivity contribution in [1.82, 2.24) is 4.90 Å². The second-order valence-corrected chi connectivity index (χ2v) is 5.56. The molecule has 4 unspecified atom stereocenters. The first-order valence-corrected chi connectivity index (χ1v) is 6.76. The molecule has 3 nitrogen and oxygen atoms in total. The predicted octanol–water partition coefficient (Wildman–Crippen LogP) is 3.04. The van der Waals surface area contributed by atoms with Gasteiger partial charge in [0, 0.05) is 43.1 Å². The summed E-state index contributed by atoms with van der Waals surface area (Å²) < 4.78 is 5.59. The number of aliphatic imine (C=N–C) groups is 1. The summed E-state index contributed by atoms with van der Waals surface area (Å²) in [7, 11) is 4.13. The van der Waals surface area contributed by atoms with E-state index in [0.29, 0.717) is 23.8 Å². The van der Waals surface area contributed by atoms with E-state index in [2.05, 4.69) is 43.8 Å². The molecular weight excluding hydrogens is 224 g/mol. The summed E-state index contributed by atoms with van der Waals surface area (Å²) >= 11 is 0. The molecule has 0 N–H and O–H groups in total. The van der Waals surface area contributed by atoms with E-state index >= 15 is 0 Å². The van der Waals surface area contributed by atoms with Gasteiger partial charge in [0.25, 0.3) is 0 Å². The van der Waals surface area contributed by atoms with E-state index in [1.54, 1.807) is 6.26 Å². The van der Waals surface area contributed by atoms with Crippen molar-refractivity contribution in [3.05, 3.63) is 24.2 Å². The van der Waals surface area contributed by atoms with Crippen molar-refractivity contribution in [3.63, 3.8) is 0 Å². The first kappa shape index (κ1) is 13.3. The molecule has 0 radical (unpaired) electrons. The molecule has 3 heteroatoms. The Balaban J connectivity index is 2.32. The Morgan fingerprint density at radius 2 is 2.17 bits per heavy atom. The Kier molecular flexibility index (Phi) is 3.91. The number of piperidine rings is 1. The molecule has 0 aromatic carbocycles. The number of likely N-dealkylation sites (tertiary alicyclic amines) is 1. The maximum Gasteiger partial charge on any atom is 0.107 e. The van der Waals surface area contributed by atoms with Crippen molar-refractivity contribution in [3.8, 4) is 0 Å². The summed E-state index contributed by atoms with van der Waals surface area (Å²) in [4.78, 5) is 7.01. The molecule has 0 bridgehead atoms. The summed E-state index contributed by atoms with van der Waals surface area (Å²) in [5, 5.41) is 0. The molecule has 0 amide bonds. The summed E-state index contributed by atoms with van der Waals surface area (Å²) in [5.74, 6) is 2.41. The minimum absolute atomic E-state index is 0.374. The van der Waals surface area contributed by atoms with Crippen molar-refractivity contribution >= 4 is 5.71 Å². The number of rotatable bonds is 2. The molecule has 1 aliphatic heterocycles. The number of nitrogens with zero attached hydrogens (tertiary/aromatic N) is 2. The topological polar surface area (TPSA) is 28.7 Å². The minimum atomic E-state index is 0.374. The van der Waals surface area contributed by atoms with Crippen LogP contribution in [0, 0.1) is 11.8 Å². The van der Waals surface area contributed by atoms with Gasteiger partial charge in [-0.2, -0.15) is 0 Å². The molecular formula is C15H24N2O. The van der Waals surface area contributed by atoms with Crippen molar-refractivity contribution < 1.29 is 4.42 Å². The third kappa shape index (κ3) is 2.24. The zero-order chi connectivity index (χ0) is 13.3. The van der Waals surface area contributed by atoms with Crippen molar-refractivity contribution in [2.75, 3.05) is 20.6 Å². The average molecular weight is 248 g/mol. The van der Waals surface area contributed by atoms with E-state index < -0.39 is 0 Å². The van der Waals surface area contributed by atoms with Gasteiger partial charge in [0.2, 0.25) is 0 Å². The molecule has 0 spiro atoms. The number of furan rings is 1. The van der Waals surface area contributed by atoms with E-state index in [1.165, 1.54) is 5.71 Å². The summed E-state index contributed by atoms with van der Waals surface area (Å²) in [6.45, 7) is 7.90. The summed E-state index contributed by atoms with van der Waals surface area (Å²) in [6, 6.07) is 4.54. The average Bonchev–Trinajstić information content (AvgIpc) is 2.86. The standard InChI is InChI=1S/C15H24N2O/c1-10-9-17(5)12(3)14(15(10)16-4)11(2)13-7-6-8-18-13/h6-8,10-12,14H,9H2,1-5H3/b16-15-. The van der Waals surface area contributed by atoms with Crippen molar-refractivity contribution in [2.45, 2.75) is 32.7 Å². The maximum absolute atomic E-state index is 5.59. The van der Waals surface area contributed by atoms with Crippen LogP contribution in [0.15, 0.2) is 27.8 Å². The van der Waals surface area contributed by atoms with Gasteiger partial charge in [-0.05, 0) is 26.1 Å². The second-order valence-electron chi connectivity index (χ2n) is 5.56. The van der Waals surface area contributed by atoms with Gasteiger partial charge >= 0.3 is 0 Å². The van der Waals surface area contributed by atoms with E-state index in [1.807, 2.05) is 13.1 Å². The minimum Gasteiger partial charge on any atom is -0.469 e. The van der Waals surface area contributed by atoms with E-state index in [0.717, 1.165) is 12.3 Å². The Hall–Kier alpha value is -1.09. The molecule has 2 rings (SSSR count). The molecule has 4 atom stereocenters. The molecule has 0 saturated carbocycles. The van der Waals surface area contributed by atoms with Crippen molar-refractivity contribution in [1.29, 1.82) is 0 Å². The second kappa shape index (κ2) is 5.27. The highest BCUT2D eigenvalue weighted by Gasteiger charge is 2.39. The lowest BCUT2D eigenvalue weighted by molar-refractivity contribution is 0.163. The predicted molar refractivity (Wildman–Crippen MR) is 75.2 cm³/mol. The maximum atomic E-state index is 5.59. The Morgan fingerprint density at radius 1 is 1.44 bits per heavy atom. The lowest BCUT2D eigenvalue weighted by Crippen LogP contribution is -2.51. The van der Waals surface area contributed by atoms with E-state index in [-0.39, 0.29) is 0 Å². The molecule has 1 saturated heterocycles. The third-order valence-electron chi connectivity index (χ3n) is 4.41. The van der Waals surface area contributed by atoms with E-state index in [9.17, 15) is 0 Å². The zero-order valence-corrected chi connectivity index (χ0v) is 12.1. The van der Waals surface area contributed by atoms with Crippen LogP contribution in [-0.4, -0.2) is 37.3 Å². The summed E-state index contributed by atoms with van der Waals surface area (Å²) in [5.41, 5.74) is 1.34. The lowest BCUT2D eigenvalue weighted by atomic mass is 9.75. The SMILES string of the molecule is C/N=C1/C(C)CN(C)C(C)C1C(C)c1ccco1. The van der Waals surface area contributed by atoms with Crippen molar-refractivity contribution in [2.24, 2.45) is 16.8 Å². The molecule has 1 fully saturated rings. The van der Waals surface area contributed by atoms with Crippen LogP contribution in [0.3, 0.4) is 0 Å². The Labute approximate surface area is 110 Å². The number of hydrogen-bond donors (Lipinski definition) is 0. The monoisotopic (exact) mass is 248 g/mol. The molecule has 18 heavy (non-hydrogen) atoms. The highest BCUT2D eigenvalue weighted by atomic mass is 16.3. The van der Waals surface area contributed by atoms with Crippen LogP contribution in [0.25, 0.3) is 0 Å². The third-order valence-corrected chi connectivity index (χ3v) is 4.41. The Morgan fingerprint density at radius 3 is 2.72 bits per heavy atom. The van der Waals surface area contributed by atoms with E-state index in [4.69, 9.17) is 4.42 Å². The summed E-state index contributed by atoms with van der Waals surface area (Å²) in [6.07, 6.45) is 1.76. The van der Waals surface area contributed by atoms with Crippen LogP contribution in [0.1, 0.15) is 32.4 Å². The van der Waals surface area contributed by atoms with Crippen LogP contribution in [-0.2, 0) is 0 Å². The highest BCUT2D eigenvalue weighted by Crippen LogP contribution is 2.35.